The van der Waals surface area contributed by atoms with E-state index in [0.29, 0.717) is 0 Å². The quantitative estimate of drug-likeness (QED) is 0.920. The van der Waals surface area contributed by atoms with Crippen molar-refractivity contribution in [2.75, 3.05) is 0 Å². The summed E-state index contributed by atoms with van der Waals surface area (Å²) in [7, 11) is 0. The number of carbonyl (C=O) groups excluding carboxylic acids is 1. The minimum atomic E-state index is -0.245. The molecule has 1 unspecified atom stereocenters. The molecular weight excluding hydrogens is 250 g/mol. The van der Waals surface area contributed by atoms with Crippen LogP contribution in [0.5, 0.6) is 0 Å². The summed E-state index contributed by atoms with van der Waals surface area (Å²) in [6, 6.07) is 13.2. The van der Waals surface area contributed by atoms with Crippen molar-refractivity contribution in [3.8, 4) is 0 Å². The molecule has 0 aliphatic carbocycles. The van der Waals surface area contributed by atoms with Crippen molar-refractivity contribution in [3.63, 3.8) is 0 Å². The van der Waals surface area contributed by atoms with Gasteiger partial charge in [-0.15, -0.1) is 0 Å². The molecule has 0 spiro atoms. The average Bonchev–Trinajstić information content (AvgIpc) is 2.77. The van der Waals surface area contributed by atoms with Crippen LogP contribution in [0.25, 0.3) is 0 Å². The Hall–Kier alpha value is -1.74. The van der Waals surface area contributed by atoms with Crippen molar-refractivity contribution in [1.29, 1.82) is 0 Å². The topological polar surface area (TPSA) is 42.2 Å². The number of amides is 1. The summed E-state index contributed by atoms with van der Waals surface area (Å²) in [4.78, 5) is 11.8. The monoisotopic (exact) mass is 263 g/mol. The number of carbonyl (C=O) groups is 1. The Morgan fingerprint density at radius 3 is 2.61 bits per heavy atom. The van der Waals surface area contributed by atoms with Gasteiger partial charge in [0.05, 0.1) is 0 Å². The SMILES string of the molecule is CC(Cc1ccccc1)NC(=O)c1ccc(Cl)o1. The van der Waals surface area contributed by atoms with Gasteiger partial charge >= 0.3 is 0 Å². The van der Waals surface area contributed by atoms with E-state index in [-0.39, 0.29) is 22.9 Å². The van der Waals surface area contributed by atoms with Crippen LogP contribution in [0.15, 0.2) is 46.9 Å². The number of benzene rings is 1. The Morgan fingerprint density at radius 2 is 2.00 bits per heavy atom. The fourth-order valence-electron chi connectivity index (χ4n) is 1.75. The number of hydrogen-bond donors (Lipinski definition) is 1. The third-order valence-electron chi connectivity index (χ3n) is 2.56. The standard InChI is InChI=1S/C14H14ClNO2/c1-10(9-11-5-3-2-4-6-11)16-14(17)12-7-8-13(15)18-12/h2-8,10H,9H2,1H3,(H,16,17). The Balaban J connectivity index is 1.92. The Labute approximate surface area is 111 Å². The molecule has 0 bridgehead atoms. The first kappa shape index (κ1) is 12.7. The minimum Gasteiger partial charge on any atom is -0.440 e. The summed E-state index contributed by atoms with van der Waals surface area (Å²) < 4.78 is 5.05. The van der Waals surface area contributed by atoms with Crippen LogP contribution < -0.4 is 5.32 Å². The van der Waals surface area contributed by atoms with E-state index in [1.807, 2.05) is 37.3 Å². The second-order valence-corrected chi connectivity index (χ2v) is 4.54. The molecule has 1 amide bonds. The molecule has 1 N–H and O–H groups in total. The summed E-state index contributed by atoms with van der Waals surface area (Å²) >= 11 is 5.62. The summed E-state index contributed by atoms with van der Waals surface area (Å²) in [5.41, 5.74) is 1.18. The summed E-state index contributed by atoms with van der Waals surface area (Å²) in [6.07, 6.45) is 0.779. The van der Waals surface area contributed by atoms with Crippen molar-refractivity contribution in [1.82, 2.24) is 5.32 Å². The lowest BCUT2D eigenvalue weighted by molar-refractivity contribution is 0.0912. The van der Waals surface area contributed by atoms with Gasteiger partial charge in [-0.25, -0.2) is 0 Å². The van der Waals surface area contributed by atoms with Crippen LogP contribution >= 0.6 is 11.6 Å². The Kier molecular flexibility index (Phi) is 4.05. The number of rotatable bonds is 4. The van der Waals surface area contributed by atoms with E-state index in [4.69, 9.17) is 16.0 Å². The van der Waals surface area contributed by atoms with Gasteiger partial charge in [-0.1, -0.05) is 30.3 Å². The largest absolute Gasteiger partial charge is 0.440 e. The molecule has 0 fully saturated rings. The maximum Gasteiger partial charge on any atom is 0.287 e. The van der Waals surface area contributed by atoms with Crippen LogP contribution in [-0.2, 0) is 6.42 Å². The van der Waals surface area contributed by atoms with Gasteiger partial charge < -0.3 is 9.73 Å². The van der Waals surface area contributed by atoms with Crippen molar-refractivity contribution >= 4 is 17.5 Å². The van der Waals surface area contributed by atoms with Crippen LogP contribution in [0.1, 0.15) is 23.0 Å². The fourth-order valence-corrected chi connectivity index (χ4v) is 1.90. The van der Waals surface area contributed by atoms with Gasteiger partial charge in [0.2, 0.25) is 0 Å². The van der Waals surface area contributed by atoms with E-state index < -0.39 is 0 Å². The summed E-state index contributed by atoms with van der Waals surface area (Å²) in [5.74, 6) is -0.00903. The molecular formula is C14H14ClNO2. The van der Waals surface area contributed by atoms with Crippen molar-refractivity contribution in [2.24, 2.45) is 0 Å². The van der Waals surface area contributed by atoms with Gasteiger partial charge in [-0.05, 0) is 42.6 Å². The smallest absolute Gasteiger partial charge is 0.287 e. The van der Waals surface area contributed by atoms with Crippen LogP contribution in [0.2, 0.25) is 5.22 Å². The third kappa shape index (κ3) is 3.37. The predicted molar refractivity (Wildman–Crippen MR) is 70.8 cm³/mol. The van der Waals surface area contributed by atoms with Crippen LogP contribution in [0.3, 0.4) is 0 Å². The van der Waals surface area contributed by atoms with Gasteiger partial charge in [-0.3, -0.25) is 4.79 Å². The normalized spacial score (nSPS) is 12.1. The van der Waals surface area contributed by atoms with Crippen LogP contribution in [-0.4, -0.2) is 11.9 Å². The van der Waals surface area contributed by atoms with E-state index in [9.17, 15) is 4.79 Å². The first-order chi connectivity index (χ1) is 8.65. The molecule has 2 rings (SSSR count). The summed E-state index contributed by atoms with van der Waals surface area (Å²) in [5, 5.41) is 3.09. The molecule has 2 aromatic rings. The lowest BCUT2D eigenvalue weighted by Crippen LogP contribution is -2.33. The van der Waals surface area contributed by atoms with E-state index in [1.54, 1.807) is 12.1 Å². The highest BCUT2D eigenvalue weighted by Crippen LogP contribution is 2.13. The van der Waals surface area contributed by atoms with Crippen molar-refractivity contribution in [3.05, 3.63) is 59.0 Å². The molecule has 18 heavy (non-hydrogen) atoms. The lowest BCUT2D eigenvalue weighted by atomic mass is 10.1. The highest BCUT2D eigenvalue weighted by atomic mass is 35.5. The zero-order chi connectivity index (χ0) is 13.0. The number of furan rings is 1. The fraction of sp³-hybridized carbons (Fsp3) is 0.214. The molecule has 1 aromatic heterocycles. The van der Waals surface area contributed by atoms with Gasteiger partial charge in [0.25, 0.3) is 5.91 Å². The van der Waals surface area contributed by atoms with E-state index in [2.05, 4.69) is 5.32 Å². The number of hydrogen-bond acceptors (Lipinski definition) is 2. The van der Waals surface area contributed by atoms with Gasteiger partial charge in [0.1, 0.15) is 0 Å². The molecule has 0 saturated heterocycles. The predicted octanol–water partition coefficient (Wildman–Crippen LogP) is 3.29. The first-order valence-electron chi connectivity index (χ1n) is 5.75. The van der Waals surface area contributed by atoms with Gasteiger partial charge in [0.15, 0.2) is 11.0 Å². The van der Waals surface area contributed by atoms with Crippen molar-refractivity contribution < 1.29 is 9.21 Å². The zero-order valence-corrected chi connectivity index (χ0v) is 10.8. The van der Waals surface area contributed by atoms with E-state index >= 15 is 0 Å². The molecule has 94 valence electrons. The minimum absolute atomic E-state index is 0.0313. The van der Waals surface area contributed by atoms with Crippen molar-refractivity contribution in [2.45, 2.75) is 19.4 Å². The molecule has 1 atom stereocenters. The maximum absolute atomic E-state index is 11.8. The van der Waals surface area contributed by atoms with Crippen LogP contribution in [0.4, 0.5) is 0 Å². The first-order valence-corrected chi connectivity index (χ1v) is 6.13. The van der Waals surface area contributed by atoms with E-state index in [1.165, 1.54) is 5.56 Å². The average molecular weight is 264 g/mol. The Morgan fingerprint density at radius 1 is 1.28 bits per heavy atom. The van der Waals surface area contributed by atoms with Crippen LogP contribution in [0, 0.1) is 0 Å². The Bertz CT molecular complexity index is 522. The lowest BCUT2D eigenvalue weighted by Gasteiger charge is -2.12. The van der Waals surface area contributed by atoms with Gasteiger partial charge in [-0.2, -0.15) is 0 Å². The third-order valence-corrected chi connectivity index (χ3v) is 2.76. The zero-order valence-electron chi connectivity index (χ0n) is 10.0. The second-order valence-electron chi connectivity index (χ2n) is 4.17. The molecule has 1 aromatic carbocycles. The highest BCUT2D eigenvalue weighted by Gasteiger charge is 2.13. The second kappa shape index (κ2) is 5.74. The molecule has 0 saturated carbocycles. The summed E-state index contributed by atoms with van der Waals surface area (Å²) in [6.45, 7) is 1.95. The highest BCUT2D eigenvalue weighted by molar-refractivity contribution is 6.29. The molecule has 1 heterocycles. The molecule has 3 nitrogen and oxygen atoms in total. The number of nitrogens with one attached hydrogen (secondary N) is 1. The number of halogens is 1. The molecule has 0 aliphatic heterocycles. The molecule has 0 radical (unpaired) electrons. The van der Waals surface area contributed by atoms with E-state index in [0.717, 1.165) is 6.42 Å². The molecule has 4 heteroatoms. The molecule has 0 aliphatic rings. The maximum atomic E-state index is 11.8. The van der Waals surface area contributed by atoms with Gasteiger partial charge in [0, 0.05) is 6.04 Å².